The van der Waals surface area contributed by atoms with E-state index in [9.17, 15) is 5.11 Å². The quantitative estimate of drug-likeness (QED) is 0.693. The zero-order chi connectivity index (χ0) is 14.9. The average Bonchev–Trinajstić information content (AvgIpc) is 2.48. The van der Waals surface area contributed by atoms with Crippen LogP contribution in [-0.4, -0.2) is 5.11 Å². The maximum Gasteiger partial charge on any atom is 0.115 e. The number of fused-ring (bicyclic) bond motifs is 3. The molecule has 0 saturated heterocycles. The lowest BCUT2D eigenvalue weighted by Crippen LogP contribution is -2.36. The fourth-order valence-corrected chi connectivity index (χ4v) is 4.76. The molecule has 1 fully saturated rings. The van der Waals surface area contributed by atoms with Crippen molar-refractivity contribution in [2.45, 2.75) is 77.6 Å². The summed E-state index contributed by atoms with van der Waals surface area (Å²) >= 11 is 0. The number of benzene rings is 1. The Morgan fingerprint density at radius 3 is 2.90 bits per heavy atom. The lowest BCUT2D eigenvalue weighted by atomic mass is 9.56. The monoisotopic (exact) mass is 286 g/mol. The highest BCUT2D eigenvalue weighted by Gasteiger charge is 2.43. The molecule has 0 aliphatic heterocycles. The normalized spacial score (nSPS) is 31.5. The van der Waals surface area contributed by atoms with E-state index in [0.717, 1.165) is 18.3 Å². The minimum Gasteiger partial charge on any atom is -0.508 e. The van der Waals surface area contributed by atoms with Gasteiger partial charge in [0.15, 0.2) is 0 Å². The summed E-state index contributed by atoms with van der Waals surface area (Å²) in [5.74, 6) is 2.09. The van der Waals surface area contributed by atoms with Crippen LogP contribution in [0.3, 0.4) is 0 Å². The summed E-state index contributed by atoms with van der Waals surface area (Å²) in [6.07, 6.45) is 12.2. The molecule has 21 heavy (non-hydrogen) atoms. The zero-order valence-electron chi connectivity index (χ0n) is 13.7. The van der Waals surface area contributed by atoms with E-state index >= 15 is 0 Å². The fourth-order valence-electron chi connectivity index (χ4n) is 4.76. The predicted molar refractivity (Wildman–Crippen MR) is 88.8 cm³/mol. The van der Waals surface area contributed by atoms with Crippen LogP contribution < -0.4 is 0 Å². The van der Waals surface area contributed by atoms with E-state index in [1.807, 2.05) is 12.1 Å². The number of phenolic OH excluding ortho intramolecular Hbond substituents is 1. The minimum absolute atomic E-state index is 0.438. The molecule has 1 saturated carbocycles. The third-order valence-corrected chi connectivity index (χ3v) is 6.22. The summed E-state index contributed by atoms with van der Waals surface area (Å²) < 4.78 is 0. The molecule has 0 bridgehead atoms. The first kappa shape index (κ1) is 14.9. The molecule has 3 atom stereocenters. The van der Waals surface area contributed by atoms with Gasteiger partial charge >= 0.3 is 0 Å². The molecule has 3 rings (SSSR count). The number of hydrogen-bond donors (Lipinski definition) is 1. The molecule has 0 unspecified atom stereocenters. The van der Waals surface area contributed by atoms with Gasteiger partial charge in [-0.3, -0.25) is 0 Å². The Hall–Kier alpha value is -0.980. The molecule has 0 radical (unpaired) electrons. The van der Waals surface area contributed by atoms with Crippen molar-refractivity contribution in [2.75, 3.05) is 0 Å². The minimum atomic E-state index is 0.438. The van der Waals surface area contributed by atoms with Gasteiger partial charge in [0.25, 0.3) is 0 Å². The van der Waals surface area contributed by atoms with Crippen molar-refractivity contribution in [3.05, 3.63) is 29.3 Å². The predicted octanol–water partition coefficient (Wildman–Crippen LogP) is 5.81. The van der Waals surface area contributed by atoms with Crippen LogP contribution in [-0.2, 0) is 6.42 Å². The molecular weight excluding hydrogens is 256 g/mol. The van der Waals surface area contributed by atoms with Gasteiger partial charge in [0.05, 0.1) is 0 Å². The van der Waals surface area contributed by atoms with Crippen LogP contribution in [0.4, 0.5) is 0 Å². The van der Waals surface area contributed by atoms with E-state index in [1.165, 1.54) is 56.9 Å². The molecule has 1 nitrogen and oxygen atoms in total. The number of hydrogen-bond acceptors (Lipinski definition) is 1. The van der Waals surface area contributed by atoms with E-state index in [-0.39, 0.29) is 0 Å². The van der Waals surface area contributed by atoms with Crippen LogP contribution in [0.1, 0.15) is 82.3 Å². The summed E-state index contributed by atoms with van der Waals surface area (Å²) in [4.78, 5) is 0. The Morgan fingerprint density at radius 2 is 2.10 bits per heavy atom. The smallest absolute Gasteiger partial charge is 0.115 e. The van der Waals surface area contributed by atoms with E-state index in [0.29, 0.717) is 11.2 Å². The van der Waals surface area contributed by atoms with E-state index < -0.39 is 0 Å². The fraction of sp³-hybridized carbons (Fsp3) is 0.700. The lowest BCUT2D eigenvalue weighted by Gasteiger charge is -2.48. The largest absolute Gasteiger partial charge is 0.508 e. The molecule has 1 N–H and O–H groups in total. The average molecular weight is 286 g/mol. The van der Waals surface area contributed by atoms with E-state index in [2.05, 4.69) is 19.9 Å². The lowest BCUT2D eigenvalue weighted by molar-refractivity contribution is 0.107. The van der Waals surface area contributed by atoms with Crippen molar-refractivity contribution in [3.8, 4) is 5.75 Å². The van der Waals surface area contributed by atoms with E-state index in [4.69, 9.17) is 0 Å². The van der Waals surface area contributed by atoms with Crippen molar-refractivity contribution in [2.24, 2.45) is 11.3 Å². The Kier molecular flexibility index (Phi) is 4.28. The van der Waals surface area contributed by atoms with Crippen LogP contribution in [0.5, 0.6) is 5.75 Å². The first-order chi connectivity index (χ1) is 10.1. The van der Waals surface area contributed by atoms with Gasteiger partial charge < -0.3 is 5.11 Å². The number of phenols is 1. The zero-order valence-corrected chi connectivity index (χ0v) is 13.7. The van der Waals surface area contributed by atoms with Gasteiger partial charge in [-0.05, 0) is 72.6 Å². The van der Waals surface area contributed by atoms with Crippen molar-refractivity contribution in [1.29, 1.82) is 0 Å². The maximum absolute atomic E-state index is 9.74. The van der Waals surface area contributed by atoms with Crippen molar-refractivity contribution in [1.82, 2.24) is 0 Å². The van der Waals surface area contributed by atoms with Gasteiger partial charge in [0.1, 0.15) is 5.75 Å². The van der Waals surface area contributed by atoms with Gasteiger partial charge in [0, 0.05) is 0 Å². The topological polar surface area (TPSA) is 20.2 Å². The first-order valence-corrected chi connectivity index (χ1v) is 8.94. The van der Waals surface area contributed by atoms with Gasteiger partial charge in [0.2, 0.25) is 0 Å². The van der Waals surface area contributed by atoms with Crippen LogP contribution in [0.2, 0.25) is 0 Å². The number of aryl methyl sites for hydroxylation is 1. The van der Waals surface area contributed by atoms with Gasteiger partial charge in [-0.2, -0.15) is 0 Å². The van der Waals surface area contributed by atoms with Crippen LogP contribution in [0.15, 0.2) is 18.2 Å². The SMILES string of the molecule is CCCCC[C@H]1CC[C@@]2(C)CCc3cc(O)ccc3[C@H]2C1. The van der Waals surface area contributed by atoms with Gasteiger partial charge in [-0.25, -0.2) is 0 Å². The molecule has 0 heterocycles. The van der Waals surface area contributed by atoms with Crippen molar-refractivity contribution in [3.63, 3.8) is 0 Å². The molecule has 0 amide bonds. The number of aromatic hydroxyl groups is 1. The molecule has 2 aliphatic carbocycles. The van der Waals surface area contributed by atoms with E-state index in [1.54, 1.807) is 5.56 Å². The Balaban J connectivity index is 1.77. The Labute approximate surface area is 129 Å². The summed E-state index contributed by atoms with van der Waals surface area (Å²) in [5, 5.41) is 9.74. The summed E-state index contributed by atoms with van der Waals surface area (Å²) in [6.45, 7) is 4.80. The molecular formula is C20H30O. The molecule has 1 heteroatoms. The standard InChI is InChI=1S/C20H30O/c1-3-4-5-6-15-9-11-20(2)12-10-16-14-17(21)7-8-18(16)19(20)13-15/h7-8,14-15,19,21H,3-6,9-13H2,1-2H3/t15-,19+,20-/m0/s1. The Morgan fingerprint density at radius 1 is 1.24 bits per heavy atom. The highest BCUT2D eigenvalue weighted by atomic mass is 16.3. The number of unbranched alkanes of at least 4 members (excludes halogenated alkanes) is 2. The van der Waals surface area contributed by atoms with Gasteiger partial charge in [-0.15, -0.1) is 0 Å². The van der Waals surface area contributed by atoms with Crippen LogP contribution in [0.25, 0.3) is 0 Å². The van der Waals surface area contributed by atoms with Crippen LogP contribution in [0, 0.1) is 11.3 Å². The maximum atomic E-state index is 9.74. The summed E-state index contributed by atoms with van der Waals surface area (Å²) in [6, 6.07) is 6.11. The summed E-state index contributed by atoms with van der Waals surface area (Å²) in [5.41, 5.74) is 3.46. The molecule has 1 aromatic carbocycles. The second-order valence-corrected chi connectivity index (χ2v) is 7.73. The third-order valence-electron chi connectivity index (χ3n) is 6.22. The molecule has 1 aromatic rings. The number of rotatable bonds is 4. The van der Waals surface area contributed by atoms with Gasteiger partial charge in [-0.1, -0.05) is 45.6 Å². The second kappa shape index (κ2) is 6.02. The third kappa shape index (κ3) is 2.98. The molecule has 0 aromatic heterocycles. The Bertz CT molecular complexity index is 493. The highest BCUT2D eigenvalue weighted by molar-refractivity contribution is 5.40. The highest BCUT2D eigenvalue weighted by Crippen LogP contribution is 2.55. The second-order valence-electron chi connectivity index (χ2n) is 7.73. The molecule has 0 spiro atoms. The molecule has 2 aliphatic rings. The molecule has 116 valence electrons. The van der Waals surface area contributed by atoms with Crippen molar-refractivity contribution >= 4 is 0 Å². The first-order valence-electron chi connectivity index (χ1n) is 8.94. The van der Waals surface area contributed by atoms with Crippen LogP contribution >= 0.6 is 0 Å². The van der Waals surface area contributed by atoms with Crippen molar-refractivity contribution < 1.29 is 5.11 Å². The summed E-state index contributed by atoms with van der Waals surface area (Å²) in [7, 11) is 0.